The van der Waals surface area contributed by atoms with Crippen molar-refractivity contribution in [2.75, 3.05) is 0 Å². The predicted octanol–water partition coefficient (Wildman–Crippen LogP) is 12.0. The molecule has 9 rings (SSSR count). The number of para-hydroxylation sites is 1. The van der Waals surface area contributed by atoms with Crippen molar-refractivity contribution in [3.05, 3.63) is 158 Å². The summed E-state index contributed by atoms with van der Waals surface area (Å²) in [6, 6.07) is 41.7. The van der Waals surface area contributed by atoms with E-state index >= 15 is 0 Å². The molecule has 0 fully saturated rings. The van der Waals surface area contributed by atoms with Gasteiger partial charge in [0.2, 0.25) is 0 Å². The van der Waals surface area contributed by atoms with E-state index in [1.165, 1.54) is 0 Å². The van der Waals surface area contributed by atoms with E-state index in [1.54, 1.807) is 0 Å². The first-order valence-electron chi connectivity index (χ1n) is 16.9. The Labute approximate surface area is 256 Å². The van der Waals surface area contributed by atoms with Crippen molar-refractivity contribution in [1.29, 1.82) is 0 Å². The Bertz CT molecular complexity index is 2760. The minimum atomic E-state index is -0.406. The second kappa shape index (κ2) is 9.44. The van der Waals surface area contributed by atoms with Crippen molar-refractivity contribution in [3.63, 3.8) is 0 Å². The highest BCUT2D eigenvalue weighted by molar-refractivity contribution is 6.22. The third kappa shape index (κ3) is 3.72. The SMILES string of the molecule is [2H]c1c([2H])c([2H])c(-c2c3ccccc3c(-c3ccc4c(c3)oc3ccccc34)c3cc(-c4cccc5ccccc45)ccc23)c([2H])c1[2H]. The molecule has 0 saturated heterocycles. The summed E-state index contributed by atoms with van der Waals surface area (Å²) in [5.74, 6) is 0. The summed E-state index contributed by atoms with van der Waals surface area (Å²) in [4.78, 5) is 0. The van der Waals surface area contributed by atoms with Crippen LogP contribution in [0.3, 0.4) is 0 Å². The molecule has 0 aliphatic carbocycles. The van der Waals surface area contributed by atoms with E-state index in [0.29, 0.717) is 5.56 Å². The highest BCUT2D eigenvalue weighted by atomic mass is 16.3. The van der Waals surface area contributed by atoms with Gasteiger partial charge in [0.25, 0.3) is 0 Å². The third-order valence-electron chi connectivity index (χ3n) is 8.54. The second-order valence-corrected chi connectivity index (χ2v) is 10.9. The largest absolute Gasteiger partial charge is 0.456 e. The Morgan fingerprint density at radius 1 is 0.395 bits per heavy atom. The summed E-state index contributed by atoms with van der Waals surface area (Å²) < 4.78 is 49.5. The van der Waals surface area contributed by atoms with Crippen LogP contribution in [0.5, 0.6) is 0 Å². The van der Waals surface area contributed by atoms with Crippen LogP contribution in [-0.4, -0.2) is 0 Å². The molecule has 1 heteroatoms. The van der Waals surface area contributed by atoms with Crippen LogP contribution in [-0.2, 0) is 0 Å². The van der Waals surface area contributed by atoms with E-state index < -0.39 is 6.04 Å². The fraction of sp³-hybridized carbons (Fsp3) is 0. The molecule has 43 heavy (non-hydrogen) atoms. The first-order chi connectivity index (χ1) is 23.4. The van der Waals surface area contributed by atoms with Gasteiger partial charge in [-0.1, -0.05) is 133 Å². The second-order valence-electron chi connectivity index (χ2n) is 10.9. The van der Waals surface area contributed by atoms with Crippen LogP contribution in [0.1, 0.15) is 6.85 Å². The van der Waals surface area contributed by atoms with E-state index in [2.05, 4.69) is 72.8 Å². The Morgan fingerprint density at radius 2 is 1.00 bits per heavy atom. The summed E-state index contributed by atoms with van der Waals surface area (Å²) in [5, 5.41) is 7.81. The lowest BCUT2D eigenvalue weighted by molar-refractivity contribution is 0.669. The van der Waals surface area contributed by atoms with Crippen LogP contribution in [0.25, 0.3) is 87.6 Å². The molecule has 0 atom stereocenters. The highest BCUT2D eigenvalue weighted by Gasteiger charge is 2.19. The molecule has 0 amide bonds. The van der Waals surface area contributed by atoms with Gasteiger partial charge in [0.1, 0.15) is 11.2 Å². The fourth-order valence-corrected chi connectivity index (χ4v) is 6.66. The van der Waals surface area contributed by atoms with Crippen LogP contribution in [0.2, 0.25) is 0 Å². The molecule has 200 valence electrons. The van der Waals surface area contributed by atoms with Crippen molar-refractivity contribution >= 4 is 54.3 Å². The smallest absolute Gasteiger partial charge is 0.136 e. The summed E-state index contributed by atoms with van der Waals surface area (Å²) in [7, 11) is 0. The molecule has 0 bridgehead atoms. The topological polar surface area (TPSA) is 13.1 Å². The predicted molar refractivity (Wildman–Crippen MR) is 183 cm³/mol. The van der Waals surface area contributed by atoms with Gasteiger partial charge in [-0.3, -0.25) is 0 Å². The van der Waals surface area contributed by atoms with Gasteiger partial charge in [-0.25, -0.2) is 0 Å². The number of fused-ring (bicyclic) bond motifs is 6. The van der Waals surface area contributed by atoms with Gasteiger partial charge < -0.3 is 4.42 Å². The van der Waals surface area contributed by atoms with Crippen molar-refractivity contribution in [2.24, 2.45) is 0 Å². The molecule has 0 saturated carbocycles. The summed E-state index contributed by atoms with van der Waals surface area (Å²) in [6.45, 7) is 0. The minimum Gasteiger partial charge on any atom is -0.456 e. The van der Waals surface area contributed by atoms with Crippen LogP contribution >= 0.6 is 0 Å². The zero-order chi connectivity index (χ0) is 32.7. The number of hydrogen-bond donors (Lipinski definition) is 0. The van der Waals surface area contributed by atoms with Gasteiger partial charge in [0, 0.05) is 10.8 Å². The summed E-state index contributed by atoms with van der Waals surface area (Å²) >= 11 is 0. The number of hydrogen-bond acceptors (Lipinski definition) is 1. The van der Waals surface area contributed by atoms with Gasteiger partial charge >= 0.3 is 0 Å². The Balaban J connectivity index is 1.44. The quantitative estimate of drug-likeness (QED) is 0.199. The fourth-order valence-electron chi connectivity index (χ4n) is 6.66. The first-order valence-corrected chi connectivity index (χ1v) is 14.4. The number of furan rings is 1. The van der Waals surface area contributed by atoms with Crippen molar-refractivity contribution in [1.82, 2.24) is 0 Å². The zero-order valence-corrected chi connectivity index (χ0v) is 23.0. The molecule has 1 nitrogen and oxygen atoms in total. The lowest BCUT2D eigenvalue weighted by Crippen LogP contribution is -1.92. The lowest BCUT2D eigenvalue weighted by atomic mass is 9.84. The molecule has 0 spiro atoms. The van der Waals surface area contributed by atoms with E-state index in [9.17, 15) is 0 Å². The number of rotatable bonds is 3. The summed E-state index contributed by atoms with van der Waals surface area (Å²) in [5.41, 5.74) is 6.49. The molecule has 1 heterocycles. The molecule has 0 aliphatic heterocycles. The van der Waals surface area contributed by atoms with Gasteiger partial charge in [-0.15, -0.1) is 0 Å². The molecule has 0 radical (unpaired) electrons. The molecule has 0 aliphatic rings. The molecular formula is C42H26O. The van der Waals surface area contributed by atoms with Gasteiger partial charge in [0.15, 0.2) is 0 Å². The lowest BCUT2D eigenvalue weighted by Gasteiger charge is -2.19. The molecule has 8 aromatic carbocycles. The van der Waals surface area contributed by atoms with Crippen LogP contribution in [0.4, 0.5) is 0 Å². The van der Waals surface area contributed by atoms with Gasteiger partial charge in [-0.2, -0.15) is 0 Å². The van der Waals surface area contributed by atoms with Crippen LogP contribution in [0, 0.1) is 0 Å². The van der Waals surface area contributed by atoms with Gasteiger partial charge in [-0.05, 0) is 90.0 Å². The van der Waals surface area contributed by atoms with Gasteiger partial charge in [0.05, 0.1) is 6.85 Å². The molecule has 9 aromatic rings. The van der Waals surface area contributed by atoms with E-state index in [4.69, 9.17) is 11.3 Å². The maximum atomic E-state index is 8.97. The average Bonchev–Trinajstić information content (AvgIpc) is 3.50. The monoisotopic (exact) mass is 551 g/mol. The van der Waals surface area contributed by atoms with Crippen molar-refractivity contribution in [3.8, 4) is 33.4 Å². The van der Waals surface area contributed by atoms with Crippen molar-refractivity contribution < 1.29 is 11.3 Å². The Morgan fingerprint density at radius 3 is 1.84 bits per heavy atom. The molecule has 1 aromatic heterocycles. The van der Waals surface area contributed by atoms with Crippen LogP contribution in [0.15, 0.2) is 162 Å². The van der Waals surface area contributed by atoms with Crippen molar-refractivity contribution in [2.45, 2.75) is 0 Å². The third-order valence-corrected chi connectivity index (χ3v) is 8.54. The average molecular weight is 552 g/mol. The van der Waals surface area contributed by atoms with E-state index in [1.807, 2.05) is 54.6 Å². The zero-order valence-electron chi connectivity index (χ0n) is 28.0. The minimum absolute atomic E-state index is 0.194. The Hall–Kier alpha value is -5.66. The molecule has 0 N–H and O–H groups in total. The van der Waals surface area contributed by atoms with E-state index in [-0.39, 0.29) is 29.7 Å². The first kappa shape index (κ1) is 19.5. The highest BCUT2D eigenvalue weighted by Crippen LogP contribution is 2.46. The standard InChI is InChI=1S/C42H26O/c1-2-12-28(13-3-1)41-35-17-6-7-18-36(35)42(30-22-23-34-33-16-8-9-20-39(33)43-40(34)26-30)38-25-29(21-24-37(38)41)32-19-10-14-27-11-4-5-15-31(27)32/h1-26H/i1D,2D,3D,12D,13D. The maximum Gasteiger partial charge on any atom is 0.136 e. The normalized spacial score (nSPS) is 13.3. The molecule has 0 unspecified atom stereocenters. The molecular weight excluding hydrogens is 520 g/mol. The maximum absolute atomic E-state index is 8.97. The number of benzene rings is 8. The van der Waals surface area contributed by atoms with E-state index in [0.717, 1.165) is 76.5 Å². The van der Waals surface area contributed by atoms with Crippen LogP contribution < -0.4 is 0 Å². The Kier molecular flexibility index (Phi) is 4.27. The summed E-state index contributed by atoms with van der Waals surface area (Å²) in [6.07, 6.45) is 0.